The molecule has 4 aromatic rings. The maximum Gasteiger partial charge on any atom is 0.340 e. The van der Waals surface area contributed by atoms with Gasteiger partial charge in [0.25, 0.3) is 0 Å². The van der Waals surface area contributed by atoms with Crippen molar-refractivity contribution < 1.29 is 14.6 Å². The third kappa shape index (κ3) is 2.83. The minimum absolute atomic E-state index is 0.148. The zero-order valence-electron chi connectivity index (χ0n) is 15.6. The summed E-state index contributed by atoms with van der Waals surface area (Å²) >= 11 is 0. The maximum atomic E-state index is 12.8. The van der Waals surface area contributed by atoms with E-state index in [1.165, 1.54) is 0 Å². The van der Waals surface area contributed by atoms with Gasteiger partial charge >= 0.3 is 5.97 Å². The molecule has 0 spiro atoms. The number of H-pyrrole nitrogens is 1. The average molecular weight is 359 g/mol. The Morgan fingerprint density at radius 2 is 1.67 bits per heavy atom. The Labute approximate surface area is 157 Å². The van der Waals surface area contributed by atoms with Crippen LogP contribution in [0.5, 0.6) is 5.75 Å². The normalized spacial score (nSPS) is 11.2. The smallest absolute Gasteiger partial charge is 0.340 e. The first-order chi connectivity index (χ1) is 13.0. The Bertz CT molecular complexity index is 1170. The number of carbonyl (C=O) groups excluding carboxylic acids is 1. The Morgan fingerprint density at radius 1 is 1.00 bits per heavy atom. The number of phenols is 1. The number of ether oxygens (including phenoxy) is 1. The van der Waals surface area contributed by atoms with Crippen LogP contribution < -0.4 is 0 Å². The first kappa shape index (κ1) is 17.2. The first-order valence-corrected chi connectivity index (χ1v) is 9.01. The van der Waals surface area contributed by atoms with E-state index in [0.717, 1.165) is 33.0 Å². The zero-order chi connectivity index (χ0) is 19.1. The number of benzene rings is 3. The number of hydrogen-bond donors (Lipinski definition) is 2. The second-order valence-electron chi connectivity index (χ2n) is 6.84. The minimum Gasteiger partial charge on any atom is -0.507 e. The molecule has 4 heteroatoms. The van der Waals surface area contributed by atoms with Crippen LogP contribution in [0, 0.1) is 13.8 Å². The largest absolute Gasteiger partial charge is 0.507 e. The number of aromatic hydroxyl groups is 1. The summed E-state index contributed by atoms with van der Waals surface area (Å²) in [5.41, 5.74) is 5.15. The average Bonchev–Trinajstić information content (AvgIpc) is 3.01. The van der Waals surface area contributed by atoms with E-state index >= 15 is 0 Å². The van der Waals surface area contributed by atoms with E-state index in [-0.39, 0.29) is 12.4 Å². The van der Waals surface area contributed by atoms with Gasteiger partial charge in [0.15, 0.2) is 0 Å². The predicted octanol–water partition coefficient (Wildman–Crippen LogP) is 5.49. The Hall–Kier alpha value is -3.27. The highest BCUT2D eigenvalue weighted by molar-refractivity contribution is 6.18. The highest BCUT2D eigenvalue weighted by Crippen LogP contribution is 2.39. The molecule has 0 amide bonds. The lowest BCUT2D eigenvalue weighted by Crippen LogP contribution is -2.05. The molecule has 0 aliphatic rings. The van der Waals surface area contributed by atoms with E-state index in [1.807, 2.05) is 50.2 Å². The topological polar surface area (TPSA) is 62.3 Å². The molecule has 0 bridgehead atoms. The number of fused-ring (bicyclic) bond motifs is 3. The van der Waals surface area contributed by atoms with Crippen molar-refractivity contribution in [2.75, 3.05) is 6.61 Å². The van der Waals surface area contributed by atoms with Crippen molar-refractivity contribution in [3.05, 3.63) is 65.2 Å². The second kappa shape index (κ2) is 6.47. The Morgan fingerprint density at radius 3 is 2.33 bits per heavy atom. The van der Waals surface area contributed by atoms with Gasteiger partial charge in [-0.25, -0.2) is 4.79 Å². The van der Waals surface area contributed by atoms with Crippen LogP contribution in [-0.4, -0.2) is 22.7 Å². The van der Waals surface area contributed by atoms with Gasteiger partial charge in [0.05, 0.1) is 23.4 Å². The summed E-state index contributed by atoms with van der Waals surface area (Å²) in [6.07, 6.45) is 0. The van der Waals surface area contributed by atoms with Crippen LogP contribution in [-0.2, 0) is 4.74 Å². The molecule has 0 atom stereocenters. The summed E-state index contributed by atoms with van der Waals surface area (Å²) < 4.78 is 5.33. The van der Waals surface area contributed by atoms with Gasteiger partial charge in [0.1, 0.15) is 5.75 Å². The van der Waals surface area contributed by atoms with Gasteiger partial charge in [0.2, 0.25) is 0 Å². The second-order valence-corrected chi connectivity index (χ2v) is 6.84. The van der Waals surface area contributed by atoms with Gasteiger partial charge in [-0.15, -0.1) is 0 Å². The van der Waals surface area contributed by atoms with E-state index in [9.17, 15) is 9.90 Å². The lowest BCUT2D eigenvalue weighted by Gasteiger charge is -2.07. The van der Waals surface area contributed by atoms with Gasteiger partial charge in [-0.2, -0.15) is 0 Å². The highest BCUT2D eigenvalue weighted by Gasteiger charge is 2.23. The molecule has 0 saturated carbocycles. The molecule has 2 N–H and O–H groups in total. The molecule has 4 rings (SSSR count). The van der Waals surface area contributed by atoms with Crippen molar-refractivity contribution in [2.45, 2.75) is 20.8 Å². The van der Waals surface area contributed by atoms with Crippen LogP contribution in [0.4, 0.5) is 0 Å². The molecular weight excluding hydrogens is 338 g/mol. The molecule has 1 heterocycles. The van der Waals surface area contributed by atoms with Gasteiger partial charge in [-0.1, -0.05) is 41.5 Å². The van der Waals surface area contributed by atoms with Crippen LogP contribution >= 0.6 is 0 Å². The molecule has 3 aromatic carbocycles. The fraction of sp³-hybridized carbons (Fsp3) is 0.174. The molecule has 27 heavy (non-hydrogen) atoms. The van der Waals surface area contributed by atoms with Crippen molar-refractivity contribution in [3.63, 3.8) is 0 Å². The third-order valence-electron chi connectivity index (χ3n) is 4.78. The fourth-order valence-corrected chi connectivity index (χ4v) is 3.76. The number of aromatic amines is 1. The van der Waals surface area contributed by atoms with Crippen LogP contribution in [0.3, 0.4) is 0 Å². The molecule has 0 radical (unpaired) electrons. The lowest BCUT2D eigenvalue weighted by atomic mass is 10.00. The summed E-state index contributed by atoms with van der Waals surface area (Å²) in [6.45, 7) is 6.14. The SMILES string of the molecule is CCOC(=O)c1c(-c2cc(C)cc(C)c2)[nH]c2c1cc(O)c1ccccc12. The summed E-state index contributed by atoms with van der Waals surface area (Å²) in [5.74, 6) is -0.248. The standard InChI is InChI=1S/C23H21NO3/c1-4-27-23(26)20-18-12-19(25)16-7-5-6-8-17(16)22(18)24-21(20)15-10-13(2)9-14(3)11-15/h5-12,24-25H,4H2,1-3H3. The predicted molar refractivity (Wildman–Crippen MR) is 108 cm³/mol. The molecule has 0 saturated heterocycles. The number of carbonyl (C=O) groups is 1. The highest BCUT2D eigenvalue weighted by atomic mass is 16.5. The Kier molecular flexibility index (Phi) is 4.11. The number of aryl methyl sites for hydroxylation is 2. The molecule has 0 aliphatic heterocycles. The quantitative estimate of drug-likeness (QED) is 0.476. The summed E-state index contributed by atoms with van der Waals surface area (Å²) in [5, 5.41) is 12.8. The van der Waals surface area contributed by atoms with Gasteiger partial charge < -0.3 is 14.8 Å². The van der Waals surface area contributed by atoms with Crippen LogP contribution in [0.1, 0.15) is 28.4 Å². The van der Waals surface area contributed by atoms with Crippen LogP contribution in [0.2, 0.25) is 0 Å². The molecule has 1 aromatic heterocycles. The molecule has 0 fully saturated rings. The van der Waals surface area contributed by atoms with Gasteiger partial charge in [-0.05, 0) is 44.5 Å². The number of esters is 1. The van der Waals surface area contributed by atoms with E-state index in [4.69, 9.17) is 4.74 Å². The van der Waals surface area contributed by atoms with Crippen LogP contribution in [0.25, 0.3) is 32.9 Å². The molecule has 0 aliphatic carbocycles. The summed E-state index contributed by atoms with van der Waals surface area (Å²) in [7, 11) is 0. The van der Waals surface area contributed by atoms with Crippen LogP contribution in [0.15, 0.2) is 48.5 Å². The zero-order valence-corrected chi connectivity index (χ0v) is 15.6. The number of nitrogens with one attached hydrogen (secondary N) is 1. The summed E-state index contributed by atoms with van der Waals surface area (Å²) in [4.78, 5) is 16.2. The lowest BCUT2D eigenvalue weighted by molar-refractivity contribution is 0.0529. The number of aromatic nitrogens is 1. The number of phenolic OH excluding ortho intramolecular Hbond substituents is 1. The Balaban J connectivity index is 2.12. The van der Waals surface area contributed by atoms with E-state index in [2.05, 4.69) is 11.1 Å². The third-order valence-corrected chi connectivity index (χ3v) is 4.78. The van der Waals surface area contributed by atoms with Crippen molar-refractivity contribution >= 4 is 27.6 Å². The van der Waals surface area contributed by atoms with Gasteiger partial charge in [0, 0.05) is 16.2 Å². The van der Waals surface area contributed by atoms with Gasteiger partial charge in [-0.3, -0.25) is 0 Å². The van der Waals surface area contributed by atoms with E-state index in [1.54, 1.807) is 13.0 Å². The number of hydrogen-bond acceptors (Lipinski definition) is 3. The van der Waals surface area contributed by atoms with Crippen molar-refractivity contribution in [1.29, 1.82) is 0 Å². The van der Waals surface area contributed by atoms with E-state index < -0.39 is 5.97 Å². The molecule has 4 nitrogen and oxygen atoms in total. The summed E-state index contributed by atoms with van der Waals surface area (Å²) in [6, 6.07) is 15.4. The van der Waals surface area contributed by atoms with E-state index in [0.29, 0.717) is 16.6 Å². The fourth-order valence-electron chi connectivity index (χ4n) is 3.76. The molecule has 136 valence electrons. The number of rotatable bonds is 3. The first-order valence-electron chi connectivity index (χ1n) is 9.01. The monoisotopic (exact) mass is 359 g/mol. The van der Waals surface area contributed by atoms with Crippen molar-refractivity contribution in [1.82, 2.24) is 4.98 Å². The minimum atomic E-state index is -0.396. The maximum absolute atomic E-state index is 12.8. The van der Waals surface area contributed by atoms with Crippen molar-refractivity contribution in [3.8, 4) is 17.0 Å². The van der Waals surface area contributed by atoms with Crippen molar-refractivity contribution in [2.24, 2.45) is 0 Å². The molecular formula is C23H21NO3. The molecule has 0 unspecified atom stereocenters.